The third-order valence-electron chi connectivity index (χ3n) is 5.33. The molecule has 0 radical (unpaired) electrons. The zero-order valence-electron chi connectivity index (χ0n) is 15.6. The smallest absolute Gasteiger partial charge is 0.282 e. The Kier molecular flexibility index (Phi) is 5.29. The van der Waals surface area contributed by atoms with Gasteiger partial charge in [-0.15, -0.1) is 0 Å². The molecule has 10 heteroatoms. The van der Waals surface area contributed by atoms with Gasteiger partial charge in [0.1, 0.15) is 0 Å². The molecule has 0 N–H and O–H groups in total. The van der Waals surface area contributed by atoms with E-state index in [1.807, 2.05) is 7.05 Å². The summed E-state index contributed by atoms with van der Waals surface area (Å²) in [5.41, 5.74) is 0.732. The van der Waals surface area contributed by atoms with Crippen LogP contribution in [0, 0.1) is 0 Å². The molecule has 0 spiro atoms. The fourth-order valence-electron chi connectivity index (χ4n) is 3.88. The van der Waals surface area contributed by atoms with E-state index in [1.165, 1.54) is 0 Å². The number of aryl methyl sites for hydroxylation is 1. The first-order chi connectivity index (χ1) is 13.1. The standard InChI is InChI=1S/C17H26N6O3S/c1-21-13-14(12-18-21)17-19-16(20-26-17)15-8-4-2-7-11-23(15)27(24,25)22-9-5-3-6-10-22/h12-13,15H,2-11H2,1H3/t15-/m1/s1. The number of rotatable bonds is 4. The van der Waals surface area contributed by atoms with Crippen molar-refractivity contribution in [1.82, 2.24) is 28.5 Å². The maximum atomic E-state index is 13.3. The summed E-state index contributed by atoms with van der Waals surface area (Å²) in [6.07, 6.45) is 9.92. The highest BCUT2D eigenvalue weighted by Gasteiger charge is 2.39. The summed E-state index contributed by atoms with van der Waals surface area (Å²) in [6.45, 7) is 1.69. The van der Waals surface area contributed by atoms with E-state index < -0.39 is 10.2 Å². The lowest BCUT2D eigenvalue weighted by Gasteiger charge is -2.34. The van der Waals surface area contributed by atoms with Gasteiger partial charge in [0.25, 0.3) is 16.1 Å². The Morgan fingerprint density at radius 1 is 1.07 bits per heavy atom. The molecule has 9 nitrogen and oxygen atoms in total. The molecule has 0 amide bonds. The number of hydrogen-bond acceptors (Lipinski definition) is 6. The number of aromatic nitrogens is 4. The van der Waals surface area contributed by atoms with E-state index in [4.69, 9.17) is 4.52 Å². The summed E-state index contributed by atoms with van der Waals surface area (Å²) in [4.78, 5) is 4.51. The second-order valence-electron chi connectivity index (χ2n) is 7.30. The molecule has 2 aliphatic heterocycles. The molecule has 2 aliphatic rings. The Morgan fingerprint density at radius 2 is 1.81 bits per heavy atom. The Morgan fingerprint density at radius 3 is 2.56 bits per heavy atom. The molecule has 2 aromatic heterocycles. The van der Waals surface area contributed by atoms with Crippen molar-refractivity contribution >= 4 is 10.2 Å². The van der Waals surface area contributed by atoms with E-state index >= 15 is 0 Å². The summed E-state index contributed by atoms with van der Waals surface area (Å²) in [5.74, 6) is 0.814. The maximum absolute atomic E-state index is 13.3. The molecule has 27 heavy (non-hydrogen) atoms. The Hall–Kier alpha value is -1.78. The predicted molar refractivity (Wildman–Crippen MR) is 98.8 cm³/mol. The first-order valence-corrected chi connectivity index (χ1v) is 11.0. The van der Waals surface area contributed by atoms with Crippen molar-refractivity contribution in [2.45, 2.75) is 51.0 Å². The highest BCUT2D eigenvalue weighted by molar-refractivity contribution is 7.86. The number of hydrogen-bond donors (Lipinski definition) is 0. The maximum Gasteiger partial charge on any atom is 0.282 e. The van der Waals surface area contributed by atoms with Crippen molar-refractivity contribution < 1.29 is 12.9 Å². The van der Waals surface area contributed by atoms with Crippen LogP contribution in [0.5, 0.6) is 0 Å². The van der Waals surface area contributed by atoms with E-state index in [0.717, 1.165) is 44.1 Å². The van der Waals surface area contributed by atoms with Crippen molar-refractivity contribution in [3.05, 3.63) is 18.2 Å². The largest absolute Gasteiger partial charge is 0.334 e. The lowest BCUT2D eigenvalue weighted by atomic mass is 10.1. The van der Waals surface area contributed by atoms with Gasteiger partial charge in [0.05, 0.1) is 17.8 Å². The van der Waals surface area contributed by atoms with Crippen molar-refractivity contribution in [1.29, 1.82) is 0 Å². The van der Waals surface area contributed by atoms with Crippen LogP contribution >= 0.6 is 0 Å². The van der Waals surface area contributed by atoms with E-state index in [0.29, 0.717) is 37.8 Å². The van der Waals surface area contributed by atoms with Crippen molar-refractivity contribution in [2.24, 2.45) is 7.05 Å². The molecule has 2 fully saturated rings. The van der Waals surface area contributed by atoms with Gasteiger partial charge in [0.15, 0.2) is 5.82 Å². The van der Waals surface area contributed by atoms with Gasteiger partial charge in [-0.25, -0.2) is 0 Å². The summed E-state index contributed by atoms with van der Waals surface area (Å²) in [6, 6.07) is -0.381. The molecule has 0 bridgehead atoms. The van der Waals surface area contributed by atoms with Gasteiger partial charge < -0.3 is 4.52 Å². The molecule has 4 rings (SSSR count). The molecule has 2 saturated heterocycles. The fourth-order valence-corrected chi connectivity index (χ4v) is 5.78. The lowest BCUT2D eigenvalue weighted by molar-refractivity contribution is 0.259. The first-order valence-electron chi connectivity index (χ1n) is 9.65. The molecular formula is C17H26N6O3S. The van der Waals surface area contributed by atoms with Gasteiger partial charge in [-0.1, -0.05) is 24.4 Å². The minimum atomic E-state index is -3.53. The molecule has 1 atom stereocenters. The normalized spacial score (nSPS) is 23.4. The van der Waals surface area contributed by atoms with Gasteiger partial charge in [-0.3, -0.25) is 4.68 Å². The minimum absolute atomic E-state index is 0.373. The summed E-state index contributed by atoms with van der Waals surface area (Å²) >= 11 is 0. The van der Waals surface area contributed by atoms with Gasteiger partial charge in [-0.2, -0.15) is 27.1 Å². The molecule has 2 aromatic rings. The highest BCUT2D eigenvalue weighted by Crippen LogP contribution is 2.33. The molecule has 0 saturated carbocycles. The summed E-state index contributed by atoms with van der Waals surface area (Å²) in [7, 11) is -1.71. The average Bonchev–Trinajstić information content (AvgIpc) is 3.25. The third-order valence-corrected chi connectivity index (χ3v) is 7.38. The molecule has 0 unspecified atom stereocenters. The van der Waals surface area contributed by atoms with Gasteiger partial charge >= 0.3 is 0 Å². The minimum Gasteiger partial charge on any atom is -0.334 e. The van der Waals surface area contributed by atoms with Crippen LogP contribution < -0.4 is 0 Å². The van der Waals surface area contributed by atoms with E-state index in [-0.39, 0.29) is 6.04 Å². The van der Waals surface area contributed by atoms with E-state index in [1.54, 1.807) is 25.7 Å². The van der Waals surface area contributed by atoms with Gasteiger partial charge in [0.2, 0.25) is 0 Å². The zero-order valence-corrected chi connectivity index (χ0v) is 16.4. The van der Waals surface area contributed by atoms with Crippen molar-refractivity contribution in [3.63, 3.8) is 0 Å². The van der Waals surface area contributed by atoms with Crippen LogP contribution in [-0.4, -0.2) is 56.6 Å². The monoisotopic (exact) mass is 394 g/mol. The second-order valence-corrected chi connectivity index (χ2v) is 9.18. The van der Waals surface area contributed by atoms with Crippen LogP contribution in [0.1, 0.15) is 56.8 Å². The molecule has 0 aliphatic carbocycles. The quantitative estimate of drug-likeness (QED) is 0.788. The van der Waals surface area contributed by atoms with Gasteiger partial charge in [-0.05, 0) is 25.7 Å². The summed E-state index contributed by atoms with van der Waals surface area (Å²) in [5, 5.41) is 8.25. The third kappa shape index (κ3) is 3.78. The van der Waals surface area contributed by atoms with Crippen molar-refractivity contribution in [3.8, 4) is 11.5 Å². The summed E-state index contributed by atoms with van der Waals surface area (Å²) < 4.78 is 36.9. The molecule has 0 aromatic carbocycles. The lowest BCUT2D eigenvalue weighted by Crippen LogP contribution is -2.47. The predicted octanol–water partition coefficient (Wildman–Crippen LogP) is 2.12. The first kappa shape index (κ1) is 18.6. The van der Waals surface area contributed by atoms with Crippen LogP contribution in [0.4, 0.5) is 0 Å². The fraction of sp³-hybridized carbons (Fsp3) is 0.706. The molecular weight excluding hydrogens is 368 g/mol. The van der Waals surface area contributed by atoms with Crippen LogP contribution in [0.15, 0.2) is 16.9 Å². The zero-order chi connectivity index (χ0) is 18.9. The Bertz CT molecular complexity index is 871. The Labute approximate surface area is 159 Å². The Balaban J connectivity index is 1.63. The van der Waals surface area contributed by atoms with Crippen LogP contribution in [-0.2, 0) is 17.3 Å². The van der Waals surface area contributed by atoms with Crippen molar-refractivity contribution in [2.75, 3.05) is 19.6 Å². The highest BCUT2D eigenvalue weighted by atomic mass is 32.2. The van der Waals surface area contributed by atoms with E-state index in [9.17, 15) is 8.42 Å². The number of nitrogens with zero attached hydrogens (tertiary/aromatic N) is 6. The molecule has 148 valence electrons. The topological polar surface area (TPSA) is 97.4 Å². The van der Waals surface area contributed by atoms with Crippen LogP contribution in [0.3, 0.4) is 0 Å². The van der Waals surface area contributed by atoms with Gasteiger partial charge in [0, 0.05) is 32.9 Å². The van der Waals surface area contributed by atoms with E-state index in [2.05, 4.69) is 15.2 Å². The SMILES string of the molecule is Cn1cc(-c2nc([C@H]3CCCCCN3S(=O)(=O)N3CCCCC3)no2)cn1. The second kappa shape index (κ2) is 7.69. The van der Waals surface area contributed by atoms with Crippen LogP contribution in [0.2, 0.25) is 0 Å². The average molecular weight is 395 g/mol. The number of piperidine rings is 1. The van der Waals surface area contributed by atoms with Crippen LogP contribution in [0.25, 0.3) is 11.5 Å². The molecule has 4 heterocycles.